The van der Waals surface area contributed by atoms with Gasteiger partial charge in [0.15, 0.2) is 5.11 Å². The number of nitrogens with zero attached hydrogens (tertiary/aromatic N) is 2. The second-order valence-electron chi connectivity index (χ2n) is 6.69. The summed E-state index contributed by atoms with van der Waals surface area (Å²) in [6.07, 6.45) is 8.89. The smallest absolute Gasteiger partial charge is 0.277 e. The van der Waals surface area contributed by atoms with Gasteiger partial charge in [-0.2, -0.15) is 0 Å². The van der Waals surface area contributed by atoms with Crippen molar-refractivity contribution in [1.82, 2.24) is 15.1 Å². The van der Waals surface area contributed by atoms with Crippen LogP contribution in [0.5, 0.6) is 0 Å². The quantitative estimate of drug-likeness (QED) is 0.662. The Bertz CT molecular complexity index is 688. The lowest BCUT2D eigenvalue weighted by molar-refractivity contribution is -0.123. The standard InChI is InChI=1S/C20H25N3OS/c1-16(13-17-9-5-4-6-10-17)14-18-19(24)23(20(25)21-18)15-22-11-7-2-3-8-12-22/h4-6,9-10,13-14H,2-3,7-8,11-12,15H2,1H3,(H,21,25). The maximum absolute atomic E-state index is 12.7. The van der Waals surface area contributed by atoms with Crippen molar-refractivity contribution in [1.29, 1.82) is 0 Å². The Morgan fingerprint density at radius 2 is 1.84 bits per heavy atom. The summed E-state index contributed by atoms with van der Waals surface area (Å²) in [4.78, 5) is 16.7. The minimum absolute atomic E-state index is 0.0324. The zero-order valence-corrected chi connectivity index (χ0v) is 15.5. The molecule has 0 saturated carbocycles. The first-order valence-electron chi connectivity index (χ1n) is 8.94. The maximum Gasteiger partial charge on any atom is 0.277 e. The van der Waals surface area contributed by atoms with Gasteiger partial charge in [-0.1, -0.05) is 49.2 Å². The first-order valence-corrected chi connectivity index (χ1v) is 9.34. The molecule has 1 aromatic carbocycles. The number of hydrogen-bond acceptors (Lipinski definition) is 3. The predicted octanol–water partition coefficient (Wildman–Crippen LogP) is 3.52. The molecule has 1 aromatic rings. The number of likely N-dealkylation sites (tertiary alicyclic amines) is 1. The van der Waals surface area contributed by atoms with Crippen LogP contribution < -0.4 is 5.32 Å². The molecule has 0 aromatic heterocycles. The number of nitrogens with one attached hydrogen (secondary N) is 1. The van der Waals surface area contributed by atoms with Crippen molar-refractivity contribution >= 4 is 29.3 Å². The fourth-order valence-electron chi connectivity index (χ4n) is 3.26. The number of carbonyl (C=O) groups is 1. The van der Waals surface area contributed by atoms with Gasteiger partial charge in [0.25, 0.3) is 5.91 Å². The van der Waals surface area contributed by atoms with Crippen LogP contribution in [0, 0.1) is 0 Å². The molecule has 2 fully saturated rings. The second kappa shape index (κ2) is 8.41. The van der Waals surface area contributed by atoms with E-state index in [1.165, 1.54) is 25.7 Å². The third-order valence-corrected chi connectivity index (χ3v) is 4.89. The molecule has 0 radical (unpaired) electrons. The highest BCUT2D eigenvalue weighted by molar-refractivity contribution is 7.80. The van der Waals surface area contributed by atoms with E-state index in [0.29, 0.717) is 17.5 Å². The number of rotatable bonds is 4. The molecule has 0 unspecified atom stereocenters. The van der Waals surface area contributed by atoms with Gasteiger partial charge in [0.1, 0.15) is 5.70 Å². The molecule has 132 valence electrons. The van der Waals surface area contributed by atoms with Gasteiger partial charge in [-0.25, -0.2) is 0 Å². The molecule has 3 rings (SSSR count). The van der Waals surface area contributed by atoms with Crippen LogP contribution in [-0.2, 0) is 4.79 Å². The molecule has 2 heterocycles. The van der Waals surface area contributed by atoms with E-state index in [4.69, 9.17) is 12.2 Å². The monoisotopic (exact) mass is 355 g/mol. The summed E-state index contributed by atoms with van der Waals surface area (Å²) >= 11 is 5.39. The molecule has 1 N–H and O–H groups in total. The molecule has 2 aliphatic rings. The Balaban J connectivity index is 1.68. The zero-order valence-electron chi connectivity index (χ0n) is 14.7. The molecule has 0 aliphatic carbocycles. The van der Waals surface area contributed by atoms with E-state index in [1.54, 1.807) is 4.90 Å². The molecule has 0 spiro atoms. The van der Waals surface area contributed by atoms with Crippen LogP contribution >= 0.6 is 12.2 Å². The van der Waals surface area contributed by atoms with Crippen molar-refractivity contribution in [2.45, 2.75) is 32.6 Å². The summed E-state index contributed by atoms with van der Waals surface area (Å²) in [5.41, 5.74) is 2.69. The SMILES string of the molecule is CC(=Cc1ccccc1)C=C1NC(=S)N(CN2CCCCCC2)C1=O. The van der Waals surface area contributed by atoms with E-state index in [-0.39, 0.29) is 5.91 Å². The Labute approximate surface area is 155 Å². The number of allylic oxidation sites excluding steroid dienone is 2. The lowest BCUT2D eigenvalue weighted by Gasteiger charge is -2.25. The van der Waals surface area contributed by atoms with Crippen molar-refractivity contribution in [3.05, 3.63) is 53.2 Å². The van der Waals surface area contributed by atoms with Gasteiger partial charge in [0.2, 0.25) is 0 Å². The summed E-state index contributed by atoms with van der Waals surface area (Å²) in [5.74, 6) is -0.0324. The Kier molecular flexibility index (Phi) is 6.00. The third-order valence-electron chi connectivity index (χ3n) is 4.57. The molecule has 25 heavy (non-hydrogen) atoms. The fourth-order valence-corrected chi connectivity index (χ4v) is 3.51. The first kappa shape index (κ1) is 17.8. The van der Waals surface area contributed by atoms with E-state index in [9.17, 15) is 4.79 Å². The van der Waals surface area contributed by atoms with Crippen LogP contribution in [0.15, 0.2) is 47.7 Å². The molecule has 2 aliphatic heterocycles. The van der Waals surface area contributed by atoms with E-state index in [2.05, 4.69) is 16.3 Å². The first-order chi connectivity index (χ1) is 12.1. The molecule has 0 bridgehead atoms. The number of benzene rings is 1. The minimum Gasteiger partial charge on any atom is -0.328 e. The molecule has 1 amide bonds. The summed E-state index contributed by atoms with van der Waals surface area (Å²) in [6, 6.07) is 10.1. The summed E-state index contributed by atoms with van der Waals surface area (Å²) < 4.78 is 0. The molecule has 5 heteroatoms. The Morgan fingerprint density at radius 1 is 1.16 bits per heavy atom. The van der Waals surface area contributed by atoms with Gasteiger partial charge in [-0.05, 0) is 62.3 Å². The van der Waals surface area contributed by atoms with Gasteiger partial charge < -0.3 is 5.32 Å². The van der Waals surface area contributed by atoms with Crippen molar-refractivity contribution < 1.29 is 4.79 Å². The lowest BCUT2D eigenvalue weighted by Crippen LogP contribution is -2.42. The molecule has 0 atom stereocenters. The van der Waals surface area contributed by atoms with Crippen LogP contribution in [0.3, 0.4) is 0 Å². The van der Waals surface area contributed by atoms with E-state index in [0.717, 1.165) is 24.2 Å². The van der Waals surface area contributed by atoms with E-state index < -0.39 is 0 Å². The topological polar surface area (TPSA) is 35.6 Å². The number of thiocarbonyl (C=S) groups is 1. The average Bonchev–Trinajstić information content (AvgIpc) is 2.79. The van der Waals surface area contributed by atoms with E-state index in [1.807, 2.05) is 43.3 Å². The molecule has 2 saturated heterocycles. The lowest BCUT2D eigenvalue weighted by atomic mass is 10.1. The summed E-state index contributed by atoms with van der Waals surface area (Å²) in [7, 11) is 0. The van der Waals surface area contributed by atoms with Gasteiger partial charge >= 0.3 is 0 Å². The van der Waals surface area contributed by atoms with Gasteiger partial charge in [0, 0.05) is 0 Å². The van der Waals surface area contributed by atoms with Gasteiger partial charge in [-0.15, -0.1) is 0 Å². The van der Waals surface area contributed by atoms with Crippen LogP contribution in [-0.4, -0.2) is 40.6 Å². The molecular formula is C20H25N3OS. The Morgan fingerprint density at radius 3 is 2.52 bits per heavy atom. The number of amides is 1. The van der Waals surface area contributed by atoms with Crippen molar-refractivity contribution in [2.75, 3.05) is 19.8 Å². The third kappa shape index (κ3) is 4.77. The maximum atomic E-state index is 12.7. The van der Waals surface area contributed by atoms with Crippen LogP contribution in [0.25, 0.3) is 6.08 Å². The number of carbonyl (C=O) groups excluding carboxylic acids is 1. The largest absolute Gasteiger partial charge is 0.328 e. The second-order valence-corrected chi connectivity index (χ2v) is 7.08. The predicted molar refractivity (Wildman–Crippen MR) is 106 cm³/mol. The minimum atomic E-state index is -0.0324. The van der Waals surface area contributed by atoms with Crippen LogP contribution in [0.2, 0.25) is 0 Å². The van der Waals surface area contributed by atoms with Crippen LogP contribution in [0.4, 0.5) is 0 Å². The summed E-state index contributed by atoms with van der Waals surface area (Å²) in [5, 5.41) is 3.58. The van der Waals surface area contributed by atoms with Crippen molar-refractivity contribution in [2.24, 2.45) is 0 Å². The van der Waals surface area contributed by atoms with Crippen molar-refractivity contribution in [3.8, 4) is 0 Å². The normalized spacial score (nSPS) is 21.6. The highest BCUT2D eigenvalue weighted by atomic mass is 32.1. The Hall–Kier alpha value is -1.98. The molecular weight excluding hydrogens is 330 g/mol. The highest BCUT2D eigenvalue weighted by Crippen LogP contribution is 2.17. The molecule has 4 nitrogen and oxygen atoms in total. The highest BCUT2D eigenvalue weighted by Gasteiger charge is 2.31. The summed E-state index contributed by atoms with van der Waals surface area (Å²) in [6.45, 7) is 4.66. The van der Waals surface area contributed by atoms with Crippen LogP contribution in [0.1, 0.15) is 38.2 Å². The van der Waals surface area contributed by atoms with E-state index >= 15 is 0 Å². The van der Waals surface area contributed by atoms with Gasteiger partial charge in [-0.3, -0.25) is 14.6 Å². The van der Waals surface area contributed by atoms with Gasteiger partial charge in [0.05, 0.1) is 6.67 Å². The fraction of sp³-hybridized carbons (Fsp3) is 0.400. The average molecular weight is 356 g/mol. The zero-order chi connectivity index (χ0) is 17.6. The van der Waals surface area contributed by atoms with Crippen molar-refractivity contribution in [3.63, 3.8) is 0 Å². The number of hydrogen-bond donors (Lipinski definition) is 1.